The Balaban J connectivity index is 2.49. The van der Waals surface area contributed by atoms with Crippen LogP contribution in [-0.2, 0) is 17.5 Å². The summed E-state index contributed by atoms with van der Waals surface area (Å²) in [7, 11) is 3.51. The van der Waals surface area contributed by atoms with E-state index in [0.29, 0.717) is 25.8 Å². The Morgan fingerprint density at radius 1 is 1.24 bits per heavy atom. The highest BCUT2D eigenvalue weighted by Crippen LogP contribution is 2.32. The van der Waals surface area contributed by atoms with Crippen molar-refractivity contribution < 1.29 is 22.3 Å². The lowest BCUT2D eigenvalue weighted by Gasteiger charge is -2.17. The first-order valence-electron chi connectivity index (χ1n) is 6.58. The molecule has 0 amide bonds. The minimum atomic E-state index is -4.55. The molecule has 1 aromatic rings. The summed E-state index contributed by atoms with van der Waals surface area (Å²) in [5, 5.41) is 2.94. The van der Waals surface area contributed by atoms with Crippen molar-refractivity contribution in [1.82, 2.24) is 10.2 Å². The highest BCUT2D eigenvalue weighted by Gasteiger charge is 2.33. The Bertz CT molecular complexity index is 437. The molecule has 0 aliphatic rings. The molecular weight excluding hydrogens is 288 g/mol. The van der Waals surface area contributed by atoms with E-state index in [2.05, 4.69) is 5.32 Å². The van der Waals surface area contributed by atoms with Crippen molar-refractivity contribution in [2.45, 2.75) is 12.7 Å². The maximum atomic E-state index is 13.0. The quantitative estimate of drug-likeness (QED) is 0.590. The normalized spacial score (nSPS) is 12.1. The van der Waals surface area contributed by atoms with Crippen LogP contribution in [0.4, 0.5) is 17.6 Å². The summed E-state index contributed by atoms with van der Waals surface area (Å²) in [5.74, 6) is -0.884. The van der Waals surface area contributed by atoms with E-state index in [-0.39, 0.29) is 12.1 Å². The maximum Gasteiger partial charge on any atom is 0.416 e. The summed E-state index contributed by atoms with van der Waals surface area (Å²) in [4.78, 5) is 2.01. The average Bonchev–Trinajstić information content (AvgIpc) is 2.41. The largest absolute Gasteiger partial charge is 0.416 e. The molecule has 0 aromatic heterocycles. The van der Waals surface area contributed by atoms with Crippen molar-refractivity contribution in [3.8, 4) is 0 Å². The van der Waals surface area contributed by atoms with Crippen LogP contribution in [-0.4, -0.2) is 45.3 Å². The predicted molar refractivity (Wildman–Crippen MR) is 72.5 cm³/mol. The fourth-order valence-corrected chi connectivity index (χ4v) is 1.82. The van der Waals surface area contributed by atoms with Crippen LogP contribution in [0, 0.1) is 5.82 Å². The van der Waals surface area contributed by atoms with Crippen molar-refractivity contribution >= 4 is 0 Å². The molecule has 1 aromatic carbocycles. The van der Waals surface area contributed by atoms with Crippen LogP contribution in [0.5, 0.6) is 0 Å². The van der Waals surface area contributed by atoms with Gasteiger partial charge < -0.3 is 15.0 Å². The van der Waals surface area contributed by atoms with Gasteiger partial charge >= 0.3 is 6.18 Å². The number of benzene rings is 1. The zero-order valence-electron chi connectivity index (χ0n) is 12.1. The summed E-state index contributed by atoms with van der Waals surface area (Å²) < 4.78 is 56.2. The van der Waals surface area contributed by atoms with Gasteiger partial charge in [0.15, 0.2) is 0 Å². The molecule has 1 N–H and O–H groups in total. The monoisotopic (exact) mass is 308 g/mol. The molecule has 0 unspecified atom stereocenters. The summed E-state index contributed by atoms with van der Waals surface area (Å²) in [6, 6.07) is 2.73. The van der Waals surface area contributed by atoms with Crippen molar-refractivity contribution in [3.05, 3.63) is 35.1 Å². The van der Waals surface area contributed by atoms with Gasteiger partial charge in [-0.3, -0.25) is 0 Å². The molecular formula is C14H20F4N2O. The SMILES string of the molecule is COCCN(C)CCNCc1ccc(F)cc1C(F)(F)F. The standard InChI is InChI=1S/C14H20F4N2O/c1-20(7-8-21-2)6-5-19-10-11-3-4-12(15)9-13(11)14(16,17)18/h3-4,9,19H,5-8,10H2,1-2H3. The molecule has 0 radical (unpaired) electrons. The van der Waals surface area contributed by atoms with Gasteiger partial charge in [-0.05, 0) is 24.7 Å². The van der Waals surface area contributed by atoms with E-state index in [1.165, 1.54) is 6.07 Å². The molecule has 0 spiro atoms. The van der Waals surface area contributed by atoms with Gasteiger partial charge in [0.05, 0.1) is 12.2 Å². The van der Waals surface area contributed by atoms with Gasteiger partial charge in [0, 0.05) is 33.3 Å². The van der Waals surface area contributed by atoms with Crippen LogP contribution >= 0.6 is 0 Å². The molecule has 120 valence electrons. The first-order valence-corrected chi connectivity index (χ1v) is 6.58. The lowest BCUT2D eigenvalue weighted by atomic mass is 10.1. The van der Waals surface area contributed by atoms with Gasteiger partial charge in [-0.15, -0.1) is 0 Å². The Morgan fingerprint density at radius 3 is 2.57 bits per heavy atom. The number of rotatable bonds is 8. The first kappa shape index (κ1) is 17.9. The number of hydrogen-bond donors (Lipinski definition) is 1. The van der Waals surface area contributed by atoms with E-state index in [4.69, 9.17) is 4.74 Å². The third-order valence-corrected chi connectivity index (χ3v) is 3.04. The molecule has 0 saturated carbocycles. The first-order chi connectivity index (χ1) is 9.84. The molecule has 21 heavy (non-hydrogen) atoms. The molecule has 0 heterocycles. The van der Waals surface area contributed by atoms with E-state index in [1.807, 2.05) is 11.9 Å². The summed E-state index contributed by atoms with van der Waals surface area (Å²) in [6.45, 7) is 2.63. The van der Waals surface area contributed by atoms with Gasteiger partial charge in [0.25, 0.3) is 0 Å². The molecule has 0 fully saturated rings. The molecule has 0 atom stereocenters. The van der Waals surface area contributed by atoms with Crippen molar-refractivity contribution in [3.63, 3.8) is 0 Å². The number of nitrogens with one attached hydrogen (secondary N) is 1. The number of nitrogens with zero attached hydrogens (tertiary/aromatic N) is 1. The molecule has 7 heteroatoms. The highest BCUT2D eigenvalue weighted by atomic mass is 19.4. The van der Waals surface area contributed by atoms with Crippen molar-refractivity contribution in [1.29, 1.82) is 0 Å². The van der Waals surface area contributed by atoms with Gasteiger partial charge in [-0.2, -0.15) is 13.2 Å². The van der Waals surface area contributed by atoms with Crippen LogP contribution in [0.2, 0.25) is 0 Å². The summed E-state index contributed by atoms with van der Waals surface area (Å²) >= 11 is 0. The fraction of sp³-hybridized carbons (Fsp3) is 0.571. The number of methoxy groups -OCH3 is 1. The molecule has 0 aliphatic heterocycles. The molecule has 0 saturated heterocycles. The number of alkyl halides is 3. The van der Waals surface area contributed by atoms with Crippen molar-refractivity contribution in [2.24, 2.45) is 0 Å². The second-order valence-corrected chi connectivity index (χ2v) is 4.77. The van der Waals surface area contributed by atoms with Crippen molar-refractivity contribution in [2.75, 3.05) is 40.4 Å². The van der Waals surface area contributed by atoms with Crippen LogP contribution in [0.15, 0.2) is 18.2 Å². The van der Waals surface area contributed by atoms with Crippen LogP contribution < -0.4 is 5.32 Å². The Morgan fingerprint density at radius 2 is 1.95 bits per heavy atom. The van der Waals surface area contributed by atoms with E-state index in [1.54, 1.807) is 7.11 Å². The van der Waals surface area contributed by atoms with Gasteiger partial charge in [-0.25, -0.2) is 4.39 Å². The fourth-order valence-electron chi connectivity index (χ4n) is 1.82. The van der Waals surface area contributed by atoms with Gasteiger partial charge in [0.2, 0.25) is 0 Å². The minimum absolute atomic E-state index is 0.0449. The van der Waals surface area contributed by atoms with Gasteiger partial charge in [-0.1, -0.05) is 6.07 Å². The van der Waals surface area contributed by atoms with Crippen LogP contribution in [0.3, 0.4) is 0 Å². The minimum Gasteiger partial charge on any atom is -0.383 e. The lowest BCUT2D eigenvalue weighted by Crippen LogP contribution is -2.31. The molecule has 0 aliphatic carbocycles. The van der Waals surface area contributed by atoms with E-state index < -0.39 is 17.6 Å². The second kappa shape index (κ2) is 8.31. The third-order valence-electron chi connectivity index (χ3n) is 3.04. The second-order valence-electron chi connectivity index (χ2n) is 4.77. The van der Waals surface area contributed by atoms with E-state index >= 15 is 0 Å². The third kappa shape index (κ3) is 6.41. The zero-order chi connectivity index (χ0) is 15.9. The smallest absolute Gasteiger partial charge is 0.383 e. The van der Waals surface area contributed by atoms with E-state index in [9.17, 15) is 17.6 Å². The Kier molecular flexibility index (Phi) is 7.07. The Hall–Kier alpha value is -1.18. The number of hydrogen-bond acceptors (Lipinski definition) is 3. The number of ether oxygens (including phenoxy) is 1. The molecule has 1 rings (SSSR count). The highest BCUT2D eigenvalue weighted by molar-refractivity contribution is 5.30. The summed E-state index contributed by atoms with van der Waals surface area (Å²) in [6.07, 6.45) is -4.55. The zero-order valence-corrected chi connectivity index (χ0v) is 12.1. The van der Waals surface area contributed by atoms with Crippen LogP contribution in [0.1, 0.15) is 11.1 Å². The lowest BCUT2D eigenvalue weighted by molar-refractivity contribution is -0.138. The Labute approximate surface area is 121 Å². The topological polar surface area (TPSA) is 24.5 Å². The molecule has 3 nitrogen and oxygen atoms in total. The van der Waals surface area contributed by atoms with E-state index in [0.717, 1.165) is 12.6 Å². The predicted octanol–water partition coefficient (Wildman–Crippen LogP) is 2.51. The number of halogens is 4. The average molecular weight is 308 g/mol. The summed E-state index contributed by atoms with van der Waals surface area (Å²) in [5.41, 5.74) is -0.883. The maximum absolute atomic E-state index is 13.0. The molecule has 0 bridgehead atoms. The number of likely N-dealkylation sites (N-methyl/N-ethyl adjacent to an activating group) is 1. The van der Waals surface area contributed by atoms with Crippen LogP contribution in [0.25, 0.3) is 0 Å². The van der Waals surface area contributed by atoms with Gasteiger partial charge in [0.1, 0.15) is 5.82 Å².